The molecule has 1 aliphatic rings. The number of aromatic nitrogens is 2. The van der Waals surface area contributed by atoms with Crippen LogP contribution in [0.25, 0.3) is 11.1 Å². The third-order valence-electron chi connectivity index (χ3n) is 4.27. The van der Waals surface area contributed by atoms with E-state index >= 15 is 0 Å². The number of fused-ring (bicyclic) bond motifs is 1. The number of H-pyrrole nitrogens is 1. The van der Waals surface area contributed by atoms with Gasteiger partial charge >= 0.3 is 17.7 Å². The van der Waals surface area contributed by atoms with E-state index in [0.717, 1.165) is 5.71 Å². The first kappa shape index (κ1) is 18.6. The van der Waals surface area contributed by atoms with Crippen molar-refractivity contribution >= 4 is 22.8 Å². The van der Waals surface area contributed by atoms with E-state index < -0.39 is 11.2 Å². The Morgan fingerprint density at radius 2 is 2.11 bits per heavy atom. The highest BCUT2D eigenvalue weighted by Crippen LogP contribution is 2.14. The normalized spacial score (nSPS) is 14.3. The van der Waals surface area contributed by atoms with Gasteiger partial charge in [-0.3, -0.25) is 9.78 Å². The Kier molecular flexibility index (Phi) is 5.53. The molecule has 3 heterocycles. The van der Waals surface area contributed by atoms with Crippen LogP contribution in [0.4, 0.5) is 4.79 Å². The summed E-state index contributed by atoms with van der Waals surface area (Å²) in [6.07, 6.45) is 1.62. The standard InChI is InChI=1S/C17H21N5O5/c1-3-10-9-12(23)26-15-13(10)14(24)19-16(20-15)27-21-11-5-7-22(8-6-11)17(25)18-4-2/h9H,3-8H2,1-2H3,(H,18,25)(H,19,20,24). The maximum Gasteiger partial charge on any atom is 0.337 e. The van der Waals surface area contributed by atoms with Gasteiger partial charge in [0.1, 0.15) is 5.39 Å². The predicted molar refractivity (Wildman–Crippen MR) is 98.2 cm³/mol. The summed E-state index contributed by atoms with van der Waals surface area (Å²) in [5.74, 6) is 0. The van der Waals surface area contributed by atoms with Crippen LogP contribution in [0.5, 0.6) is 6.01 Å². The van der Waals surface area contributed by atoms with E-state index in [2.05, 4.69) is 20.4 Å². The fraction of sp³-hybridized carbons (Fsp3) is 0.471. The fourth-order valence-electron chi connectivity index (χ4n) is 2.88. The molecule has 3 rings (SSSR count). The van der Waals surface area contributed by atoms with E-state index in [9.17, 15) is 14.4 Å². The molecule has 10 nitrogen and oxygen atoms in total. The van der Waals surface area contributed by atoms with Crippen molar-refractivity contribution < 1.29 is 14.0 Å². The second-order valence-corrected chi connectivity index (χ2v) is 6.07. The number of rotatable bonds is 4. The molecule has 0 spiro atoms. The summed E-state index contributed by atoms with van der Waals surface area (Å²) in [4.78, 5) is 49.1. The van der Waals surface area contributed by atoms with Crippen molar-refractivity contribution in [1.82, 2.24) is 20.2 Å². The summed E-state index contributed by atoms with van der Waals surface area (Å²) < 4.78 is 5.01. The van der Waals surface area contributed by atoms with Gasteiger partial charge in [0.05, 0.1) is 5.71 Å². The van der Waals surface area contributed by atoms with Gasteiger partial charge in [0.15, 0.2) is 0 Å². The summed E-state index contributed by atoms with van der Waals surface area (Å²) in [5.41, 5.74) is 0.200. The number of hydrogen-bond acceptors (Lipinski definition) is 7. The number of urea groups is 1. The lowest BCUT2D eigenvalue weighted by Gasteiger charge is -2.27. The second kappa shape index (κ2) is 8.02. The molecule has 27 heavy (non-hydrogen) atoms. The largest absolute Gasteiger partial charge is 0.403 e. The van der Waals surface area contributed by atoms with Gasteiger partial charge in [0.2, 0.25) is 5.71 Å². The number of nitrogens with one attached hydrogen (secondary N) is 2. The van der Waals surface area contributed by atoms with Crippen molar-refractivity contribution in [3.63, 3.8) is 0 Å². The molecule has 10 heteroatoms. The van der Waals surface area contributed by atoms with Gasteiger partial charge in [-0.15, -0.1) is 0 Å². The molecule has 0 aliphatic carbocycles. The Balaban J connectivity index is 1.74. The fourth-order valence-corrected chi connectivity index (χ4v) is 2.88. The van der Waals surface area contributed by atoms with Crippen LogP contribution in [-0.4, -0.2) is 46.2 Å². The van der Waals surface area contributed by atoms with Crippen LogP contribution < -0.4 is 21.3 Å². The minimum absolute atomic E-state index is 0.0793. The first-order valence-electron chi connectivity index (χ1n) is 8.84. The average Bonchev–Trinajstić information content (AvgIpc) is 2.66. The highest BCUT2D eigenvalue weighted by atomic mass is 16.6. The molecule has 0 saturated carbocycles. The maximum atomic E-state index is 12.3. The van der Waals surface area contributed by atoms with Gasteiger partial charge in [0.25, 0.3) is 5.56 Å². The SMILES string of the molecule is CCNC(=O)N1CCC(=NOc2nc3oc(=O)cc(CC)c3c(=O)[nH]2)CC1. The molecule has 144 valence electrons. The number of carbonyl (C=O) groups is 1. The van der Waals surface area contributed by atoms with Gasteiger partial charge < -0.3 is 19.5 Å². The van der Waals surface area contributed by atoms with Crippen molar-refractivity contribution in [3.8, 4) is 6.01 Å². The first-order chi connectivity index (χ1) is 13.0. The molecule has 2 amide bonds. The summed E-state index contributed by atoms with van der Waals surface area (Å²) in [6, 6.07) is 1.03. The van der Waals surface area contributed by atoms with Crippen LogP contribution in [0.1, 0.15) is 32.3 Å². The van der Waals surface area contributed by atoms with Crippen LogP contribution in [0.2, 0.25) is 0 Å². The lowest BCUT2D eigenvalue weighted by atomic mass is 10.1. The Labute approximate surface area is 154 Å². The molecule has 1 fully saturated rings. The molecule has 1 saturated heterocycles. The van der Waals surface area contributed by atoms with Crippen molar-refractivity contribution in [2.45, 2.75) is 33.1 Å². The van der Waals surface area contributed by atoms with Crippen molar-refractivity contribution in [2.75, 3.05) is 19.6 Å². The van der Waals surface area contributed by atoms with Crippen LogP contribution >= 0.6 is 0 Å². The maximum absolute atomic E-state index is 12.3. The third-order valence-corrected chi connectivity index (χ3v) is 4.27. The van der Waals surface area contributed by atoms with Crippen LogP contribution in [0.15, 0.2) is 25.2 Å². The molecule has 0 unspecified atom stereocenters. The van der Waals surface area contributed by atoms with Gasteiger partial charge in [-0.1, -0.05) is 12.1 Å². The minimum Gasteiger partial charge on any atom is -0.403 e. The van der Waals surface area contributed by atoms with E-state index in [1.54, 1.807) is 4.90 Å². The molecular weight excluding hydrogens is 354 g/mol. The number of amides is 2. The number of piperidine rings is 1. The first-order valence-corrected chi connectivity index (χ1v) is 8.84. The molecule has 0 bridgehead atoms. The topological polar surface area (TPSA) is 130 Å². The third kappa shape index (κ3) is 4.15. The van der Waals surface area contributed by atoms with E-state index in [1.165, 1.54) is 6.07 Å². The van der Waals surface area contributed by atoms with Crippen LogP contribution in [-0.2, 0) is 6.42 Å². The zero-order chi connectivity index (χ0) is 19.4. The zero-order valence-electron chi connectivity index (χ0n) is 15.2. The van der Waals surface area contributed by atoms with Gasteiger partial charge in [-0.25, -0.2) is 9.59 Å². The van der Waals surface area contributed by atoms with Crippen molar-refractivity contribution in [3.05, 3.63) is 32.4 Å². The van der Waals surface area contributed by atoms with E-state index in [-0.39, 0.29) is 23.1 Å². The van der Waals surface area contributed by atoms with Crippen LogP contribution in [0, 0.1) is 0 Å². The number of carbonyl (C=O) groups excluding carboxylic acids is 1. The van der Waals surface area contributed by atoms with Gasteiger partial charge in [-0.05, 0) is 18.9 Å². The molecule has 0 aromatic carbocycles. The number of oxime groups is 1. The summed E-state index contributed by atoms with van der Waals surface area (Å²) in [6.45, 7) is 5.34. The molecule has 0 atom stereocenters. The number of likely N-dealkylation sites (tertiary alicyclic amines) is 1. The summed E-state index contributed by atoms with van der Waals surface area (Å²) >= 11 is 0. The van der Waals surface area contributed by atoms with E-state index in [1.807, 2.05) is 13.8 Å². The number of aryl methyl sites for hydroxylation is 1. The number of hydrogen-bond donors (Lipinski definition) is 2. The van der Waals surface area contributed by atoms with Gasteiger partial charge in [0, 0.05) is 38.5 Å². The Bertz CT molecular complexity index is 983. The average molecular weight is 375 g/mol. The smallest absolute Gasteiger partial charge is 0.337 e. The van der Waals surface area contributed by atoms with E-state index in [0.29, 0.717) is 44.5 Å². The predicted octanol–water partition coefficient (Wildman–Crippen LogP) is 0.999. The summed E-state index contributed by atoms with van der Waals surface area (Å²) in [5, 5.41) is 7.00. The molecule has 2 N–H and O–H groups in total. The van der Waals surface area contributed by atoms with Crippen molar-refractivity contribution in [1.29, 1.82) is 0 Å². The quantitative estimate of drug-likeness (QED) is 0.767. The lowest BCUT2D eigenvalue weighted by molar-refractivity contribution is 0.197. The summed E-state index contributed by atoms with van der Waals surface area (Å²) in [7, 11) is 0. The Morgan fingerprint density at radius 1 is 1.37 bits per heavy atom. The zero-order valence-corrected chi connectivity index (χ0v) is 15.2. The molecule has 2 aromatic heterocycles. The molecule has 0 radical (unpaired) electrons. The second-order valence-electron chi connectivity index (χ2n) is 6.07. The molecule has 1 aliphatic heterocycles. The monoisotopic (exact) mass is 375 g/mol. The van der Waals surface area contributed by atoms with Gasteiger partial charge in [-0.2, -0.15) is 4.98 Å². The molecular formula is C17H21N5O5. The Hall–Kier alpha value is -3.17. The van der Waals surface area contributed by atoms with Crippen molar-refractivity contribution in [2.24, 2.45) is 5.16 Å². The number of aromatic amines is 1. The molecule has 2 aromatic rings. The minimum atomic E-state index is -0.576. The highest BCUT2D eigenvalue weighted by Gasteiger charge is 2.20. The highest BCUT2D eigenvalue weighted by molar-refractivity contribution is 5.87. The Morgan fingerprint density at radius 3 is 2.78 bits per heavy atom. The van der Waals surface area contributed by atoms with Crippen LogP contribution in [0.3, 0.4) is 0 Å². The van der Waals surface area contributed by atoms with E-state index in [4.69, 9.17) is 9.25 Å². The lowest BCUT2D eigenvalue weighted by Crippen LogP contribution is -2.44. The number of nitrogens with zero attached hydrogens (tertiary/aromatic N) is 3.